The van der Waals surface area contributed by atoms with Gasteiger partial charge in [0.1, 0.15) is 0 Å². The molecule has 8 heteroatoms. The molecule has 2 aliphatic rings. The van der Waals surface area contributed by atoms with Crippen molar-refractivity contribution in [1.82, 2.24) is 15.1 Å². The molecule has 1 saturated heterocycles. The molecule has 5 rings (SSSR count). The number of benzene rings is 2. The van der Waals surface area contributed by atoms with Crippen molar-refractivity contribution in [3.05, 3.63) is 53.7 Å². The Morgan fingerprint density at radius 2 is 2.06 bits per heavy atom. The monoisotopic (exact) mass is 439 g/mol. The quantitative estimate of drug-likeness (QED) is 0.637. The summed E-state index contributed by atoms with van der Waals surface area (Å²) >= 11 is 0. The van der Waals surface area contributed by atoms with Gasteiger partial charge in [0, 0.05) is 36.7 Å². The molecule has 164 valence electrons. The highest BCUT2D eigenvalue weighted by atomic mass is 32.2. The van der Waals surface area contributed by atoms with Gasteiger partial charge >= 0.3 is 0 Å². The first-order valence-electron chi connectivity index (χ1n) is 11.0. The van der Waals surface area contributed by atoms with Crippen molar-refractivity contribution in [2.75, 3.05) is 35.5 Å². The van der Waals surface area contributed by atoms with Crippen LogP contribution in [0.25, 0.3) is 10.9 Å². The van der Waals surface area contributed by atoms with Crippen LogP contribution in [-0.2, 0) is 23.0 Å². The SMILES string of the molecule is CS(=O)(=O)N1CCCc2cc(CN3CCCC(Nc4ccc5[nH]ncc5c4)C3)ccc21. The Bertz CT molecular complexity index is 1190. The molecule has 1 aromatic heterocycles. The number of sulfonamides is 1. The van der Waals surface area contributed by atoms with Crippen LogP contribution >= 0.6 is 0 Å². The first-order valence-corrected chi connectivity index (χ1v) is 12.8. The molecule has 0 saturated carbocycles. The standard InChI is InChI=1S/C23H29N5O2S/c1-31(29,30)28-11-2-4-18-12-17(6-9-23(18)28)15-27-10-3-5-21(16-27)25-20-7-8-22-19(13-20)14-24-26-22/h6-9,12-14,21,25H,2-5,10-11,15-16H2,1H3,(H,24,26). The van der Waals surface area contributed by atoms with Crippen LogP contribution in [0.1, 0.15) is 30.4 Å². The molecule has 1 unspecified atom stereocenters. The number of fused-ring (bicyclic) bond motifs is 2. The van der Waals surface area contributed by atoms with E-state index in [4.69, 9.17) is 0 Å². The molecule has 1 fully saturated rings. The van der Waals surface area contributed by atoms with Crippen molar-refractivity contribution in [2.45, 2.75) is 38.3 Å². The number of aromatic nitrogens is 2. The lowest BCUT2D eigenvalue weighted by Crippen LogP contribution is -2.41. The minimum absolute atomic E-state index is 0.413. The minimum atomic E-state index is -3.22. The molecule has 2 N–H and O–H groups in total. The molecule has 2 aliphatic heterocycles. The van der Waals surface area contributed by atoms with Gasteiger partial charge in [-0.15, -0.1) is 0 Å². The lowest BCUT2D eigenvalue weighted by atomic mass is 9.99. The predicted molar refractivity (Wildman–Crippen MR) is 125 cm³/mol. The van der Waals surface area contributed by atoms with Crippen molar-refractivity contribution in [3.63, 3.8) is 0 Å². The van der Waals surface area contributed by atoms with Gasteiger partial charge in [-0.2, -0.15) is 5.10 Å². The minimum Gasteiger partial charge on any atom is -0.381 e. The Morgan fingerprint density at radius 3 is 2.94 bits per heavy atom. The number of nitrogens with zero attached hydrogens (tertiary/aromatic N) is 3. The molecule has 31 heavy (non-hydrogen) atoms. The molecule has 1 atom stereocenters. The summed E-state index contributed by atoms with van der Waals surface area (Å²) in [5.74, 6) is 0. The maximum absolute atomic E-state index is 12.1. The van der Waals surface area contributed by atoms with E-state index in [0.29, 0.717) is 12.6 Å². The Kier molecular flexibility index (Phi) is 5.35. The third-order valence-corrected chi connectivity index (χ3v) is 7.52. The Hall–Kier alpha value is -2.58. The molecule has 7 nitrogen and oxygen atoms in total. The molecule has 0 spiro atoms. The first-order chi connectivity index (χ1) is 15.0. The summed E-state index contributed by atoms with van der Waals surface area (Å²) in [7, 11) is -3.22. The van der Waals surface area contributed by atoms with Crippen LogP contribution in [-0.4, -0.2) is 55.4 Å². The first kappa shape index (κ1) is 20.3. The van der Waals surface area contributed by atoms with Crippen LogP contribution in [0.15, 0.2) is 42.6 Å². The molecule has 0 bridgehead atoms. The van der Waals surface area contributed by atoms with Gasteiger partial charge in [-0.05, 0) is 67.6 Å². The van der Waals surface area contributed by atoms with E-state index in [1.807, 2.05) is 12.3 Å². The highest BCUT2D eigenvalue weighted by molar-refractivity contribution is 7.92. The fraction of sp³-hybridized carbons (Fsp3) is 0.435. The highest BCUT2D eigenvalue weighted by Crippen LogP contribution is 2.30. The average molecular weight is 440 g/mol. The van der Waals surface area contributed by atoms with Gasteiger partial charge in [-0.1, -0.05) is 12.1 Å². The van der Waals surface area contributed by atoms with Crippen molar-refractivity contribution in [2.24, 2.45) is 0 Å². The number of anilines is 2. The molecule has 0 amide bonds. The van der Waals surface area contributed by atoms with Crippen molar-refractivity contribution in [3.8, 4) is 0 Å². The normalized spacial score (nSPS) is 20.0. The van der Waals surface area contributed by atoms with Gasteiger partial charge in [0.05, 0.1) is 23.7 Å². The fourth-order valence-electron chi connectivity index (χ4n) is 4.90. The maximum Gasteiger partial charge on any atom is 0.232 e. The van der Waals surface area contributed by atoms with Gasteiger partial charge in [0.2, 0.25) is 10.0 Å². The summed E-state index contributed by atoms with van der Waals surface area (Å²) in [4.78, 5) is 2.50. The van der Waals surface area contributed by atoms with E-state index in [1.54, 1.807) is 4.31 Å². The molecule has 0 aliphatic carbocycles. The largest absolute Gasteiger partial charge is 0.381 e. The van der Waals surface area contributed by atoms with E-state index >= 15 is 0 Å². The number of hydrogen-bond acceptors (Lipinski definition) is 5. The number of aromatic amines is 1. The number of likely N-dealkylation sites (tertiary alicyclic amines) is 1. The highest BCUT2D eigenvalue weighted by Gasteiger charge is 2.25. The van der Waals surface area contributed by atoms with Gasteiger partial charge < -0.3 is 5.32 Å². The Labute approximate surface area is 183 Å². The van der Waals surface area contributed by atoms with E-state index in [1.165, 1.54) is 18.2 Å². The third kappa shape index (κ3) is 4.41. The number of nitrogens with one attached hydrogen (secondary N) is 2. The van der Waals surface area contributed by atoms with E-state index < -0.39 is 10.0 Å². The van der Waals surface area contributed by atoms with Crippen molar-refractivity contribution < 1.29 is 8.42 Å². The smallest absolute Gasteiger partial charge is 0.232 e. The van der Waals surface area contributed by atoms with E-state index in [2.05, 4.69) is 50.7 Å². The van der Waals surface area contributed by atoms with Gasteiger partial charge in [0.15, 0.2) is 0 Å². The van der Waals surface area contributed by atoms with Crippen LogP contribution in [0.5, 0.6) is 0 Å². The zero-order valence-corrected chi connectivity index (χ0v) is 18.7. The van der Waals surface area contributed by atoms with Crippen LogP contribution in [0.3, 0.4) is 0 Å². The van der Waals surface area contributed by atoms with Gasteiger partial charge in [0.25, 0.3) is 0 Å². The van der Waals surface area contributed by atoms with Crippen LogP contribution in [0, 0.1) is 0 Å². The Morgan fingerprint density at radius 1 is 1.16 bits per heavy atom. The van der Waals surface area contributed by atoms with E-state index in [-0.39, 0.29) is 0 Å². The summed E-state index contributed by atoms with van der Waals surface area (Å²) in [5.41, 5.74) is 5.45. The second kappa shape index (κ2) is 8.16. The number of H-pyrrole nitrogens is 1. The van der Waals surface area contributed by atoms with Crippen LogP contribution in [0.4, 0.5) is 11.4 Å². The number of hydrogen-bond donors (Lipinski definition) is 2. The zero-order valence-electron chi connectivity index (χ0n) is 17.8. The average Bonchev–Trinajstić information content (AvgIpc) is 3.21. The van der Waals surface area contributed by atoms with Crippen LogP contribution in [0.2, 0.25) is 0 Å². The second-order valence-electron chi connectivity index (χ2n) is 8.79. The Balaban J connectivity index is 1.26. The molecule has 2 aromatic carbocycles. The van der Waals surface area contributed by atoms with Gasteiger partial charge in [-0.3, -0.25) is 14.3 Å². The molecule has 3 aromatic rings. The lowest BCUT2D eigenvalue weighted by Gasteiger charge is -2.34. The number of piperidine rings is 1. The summed E-state index contributed by atoms with van der Waals surface area (Å²) in [5, 5.41) is 11.9. The summed E-state index contributed by atoms with van der Waals surface area (Å²) in [6.07, 6.45) is 7.29. The summed E-state index contributed by atoms with van der Waals surface area (Å²) in [6, 6.07) is 13.0. The second-order valence-corrected chi connectivity index (χ2v) is 10.7. The maximum atomic E-state index is 12.1. The van der Waals surface area contributed by atoms with Crippen molar-refractivity contribution >= 4 is 32.3 Å². The molecular formula is C23H29N5O2S. The van der Waals surface area contributed by atoms with Gasteiger partial charge in [-0.25, -0.2) is 8.42 Å². The molecule has 0 radical (unpaired) electrons. The van der Waals surface area contributed by atoms with E-state index in [0.717, 1.165) is 66.7 Å². The summed E-state index contributed by atoms with van der Waals surface area (Å²) in [6.45, 7) is 3.56. The van der Waals surface area contributed by atoms with E-state index in [9.17, 15) is 8.42 Å². The predicted octanol–water partition coefficient (Wildman–Crippen LogP) is 3.35. The zero-order chi connectivity index (χ0) is 21.4. The third-order valence-electron chi connectivity index (χ3n) is 6.34. The topological polar surface area (TPSA) is 81.3 Å². The molecular weight excluding hydrogens is 410 g/mol. The number of aryl methyl sites for hydroxylation is 1. The van der Waals surface area contributed by atoms with Crippen LogP contribution < -0.4 is 9.62 Å². The fourth-order valence-corrected chi connectivity index (χ4v) is 5.90. The summed E-state index contributed by atoms with van der Waals surface area (Å²) < 4.78 is 25.7. The van der Waals surface area contributed by atoms with Crippen molar-refractivity contribution in [1.29, 1.82) is 0 Å². The molecule has 3 heterocycles. The number of rotatable bonds is 5. The lowest BCUT2D eigenvalue weighted by molar-refractivity contribution is 0.208.